The third-order valence-electron chi connectivity index (χ3n) is 5.07. The zero-order valence-corrected chi connectivity index (χ0v) is 24.2. The smallest absolute Gasteiger partial charge is 0.266 e. The van der Waals surface area contributed by atoms with Crippen molar-refractivity contribution >= 4 is 65.5 Å². The fourth-order valence-corrected chi connectivity index (χ4v) is 5.50. The normalized spacial score (nSPS) is 11.1. The lowest BCUT2D eigenvalue weighted by Crippen LogP contribution is -2.14. The molecule has 0 atom stereocenters. The quantitative estimate of drug-likeness (QED) is 0.195. The largest absolute Gasteiger partial charge is 0.490 e. The second-order valence-corrected chi connectivity index (χ2v) is 10.3. The highest BCUT2D eigenvalue weighted by Gasteiger charge is 2.17. The lowest BCUT2D eigenvalue weighted by molar-refractivity contribution is -0.112. The molecule has 0 aliphatic rings. The van der Waals surface area contributed by atoms with E-state index >= 15 is 0 Å². The molecule has 0 radical (unpaired) electrons. The second kappa shape index (κ2) is 12.4. The van der Waals surface area contributed by atoms with Crippen LogP contribution < -0.4 is 14.8 Å². The minimum atomic E-state index is -0.522. The Kier molecular flexibility index (Phi) is 9.55. The minimum absolute atomic E-state index is 0.0488. The fraction of sp³-hybridized carbons (Fsp3) is 0.185. The summed E-state index contributed by atoms with van der Waals surface area (Å²) in [4.78, 5) is 12.9. The molecule has 3 aromatic rings. The summed E-state index contributed by atoms with van der Waals surface area (Å²) in [5.41, 5.74) is 4.36. The Morgan fingerprint density at radius 1 is 1.03 bits per heavy atom. The molecule has 0 aromatic heterocycles. The Hall–Kier alpha value is -2.60. The van der Waals surface area contributed by atoms with Gasteiger partial charge in [0.15, 0.2) is 11.5 Å². The van der Waals surface area contributed by atoms with Gasteiger partial charge in [0.25, 0.3) is 5.91 Å². The Labute approximate surface area is 230 Å². The van der Waals surface area contributed by atoms with E-state index in [4.69, 9.17) is 9.47 Å². The van der Waals surface area contributed by atoms with Crippen LogP contribution in [-0.2, 0) is 11.4 Å². The first-order chi connectivity index (χ1) is 16.7. The van der Waals surface area contributed by atoms with E-state index in [2.05, 4.69) is 53.1 Å². The topological polar surface area (TPSA) is 71.3 Å². The van der Waals surface area contributed by atoms with Gasteiger partial charge in [-0.2, -0.15) is 5.26 Å². The van der Waals surface area contributed by atoms with Gasteiger partial charge in [0, 0.05) is 8.95 Å². The Morgan fingerprint density at radius 3 is 2.34 bits per heavy atom. The molecule has 5 nitrogen and oxygen atoms in total. The number of nitrogens with one attached hydrogen (secondary N) is 1. The highest BCUT2D eigenvalue weighted by Crippen LogP contribution is 2.38. The summed E-state index contributed by atoms with van der Waals surface area (Å²) >= 11 is 10.5. The number of amides is 1. The Balaban J connectivity index is 1.89. The van der Waals surface area contributed by atoms with Crippen molar-refractivity contribution in [3.63, 3.8) is 0 Å². The van der Waals surface area contributed by atoms with Crippen molar-refractivity contribution < 1.29 is 14.3 Å². The first-order valence-corrected chi connectivity index (χ1v) is 13.1. The third-order valence-corrected chi connectivity index (χ3v) is 6.91. The van der Waals surface area contributed by atoms with Crippen LogP contribution in [-0.4, -0.2) is 12.5 Å². The molecule has 1 amide bonds. The number of hydrogen-bond acceptors (Lipinski definition) is 4. The van der Waals surface area contributed by atoms with Crippen LogP contribution in [0, 0.1) is 25.2 Å². The molecule has 0 aliphatic heterocycles. The molecule has 0 fully saturated rings. The van der Waals surface area contributed by atoms with Crippen LogP contribution >= 0.6 is 47.8 Å². The molecule has 0 bridgehead atoms. The van der Waals surface area contributed by atoms with Gasteiger partial charge in [-0.05, 0) is 121 Å². The highest BCUT2D eigenvalue weighted by molar-refractivity contribution is 9.11. The molecule has 0 saturated carbocycles. The minimum Gasteiger partial charge on any atom is -0.490 e. The van der Waals surface area contributed by atoms with E-state index in [9.17, 15) is 10.1 Å². The summed E-state index contributed by atoms with van der Waals surface area (Å²) in [5, 5.41) is 12.5. The maximum Gasteiger partial charge on any atom is 0.266 e. The fourth-order valence-electron chi connectivity index (χ4n) is 3.31. The predicted molar refractivity (Wildman–Crippen MR) is 150 cm³/mol. The number of anilines is 1. The summed E-state index contributed by atoms with van der Waals surface area (Å²) in [5.74, 6) is 0.554. The number of ether oxygens (including phenoxy) is 2. The van der Waals surface area contributed by atoms with Crippen molar-refractivity contribution in [1.82, 2.24) is 0 Å². The van der Waals surface area contributed by atoms with Gasteiger partial charge in [-0.25, -0.2) is 0 Å². The summed E-state index contributed by atoms with van der Waals surface area (Å²) in [6.07, 6.45) is 1.52. The van der Waals surface area contributed by atoms with E-state index in [-0.39, 0.29) is 5.57 Å². The van der Waals surface area contributed by atoms with Gasteiger partial charge in [0.1, 0.15) is 18.2 Å². The number of rotatable bonds is 8. The summed E-state index contributed by atoms with van der Waals surface area (Å²) < 4.78 is 14.0. The van der Waals surface area contributed by atoms with Crippen LogP contribution in [0.15, 0.2) is 67.5 Å². The number of nitriles is 1. The van der Waals surface area contributed by atoms with Crippen molar-refractivity contribution in [1.29, 1.82) is 5.26 Å². The molecular formula is C27H23Br3N2O3. The molecule has 0 saturated heterocycles. The van der Waals surface area contributed by atoms with Gasteiger partial charge in [0.05, 0.1) is 16.8 Å². The Bertz CT molecular complexity index is 1310. The van der Waals surface area contributed by atoms with Gasteiger partial charge in [-0.15, -0.1) is 0 Å². The monoisotopic (exact) mass is 660 g/mol. The van der Waals surface area contributed by atoms with Crippen molar-refractivity contribution in [2.45, 2.75) is 27.4 Å². The van der Waals surface area contributed by atoms with Crippen LogP contribution in [0.5, 0.6) is 11.5 Å². The van der Waals surface area contributed by atoms with Crippen molar-refractivity contribution in [3.8, 4) is 17.6 Å². The maximum absolute atomic E-state index is 12.9. The van der Waals surface area contributed by atoms with Crippen LogP contribution in [0.1, 0.15) is 29.2 Å². The standard InChI is InChI=1S/C27H23Br3N2O3/c1-4-34-24-13-18(12-23(30)26(24)35-15-19-8-6-5-7-17(19)3)11-20(14-31)27(33)32-25-21(28)9-16(2)10-22(25)29/h5-13H,4,15H2,1-3H3,(H,32,33)/b20-11+. The average molecular weight is 663 g/mol. The van der Waals surface area contributed by atoms with Gasteiger partial charge in [-0.3, -0.25) is 4.79 Å². The zero-order valence-electron chi connectivity index (χ0n) is 19.4. The first-order valence-electron chi connectivity index (χ1n) is 10.8. The molecular weight excluding hydrogens is 640 g/mol. The zero-order chi connectivity index (χ0) is 25.5. The highest BCUT2D eigenvalue weighted by atomic mass is 79.9. The number of hydrogen-bond donors (Lipinski definition) is 1. The molecule has 0 aliphatic carbocycles. The molecule has 0 unspecified atom stereocenters. The lowest BCUT2D eigenvalue weighted by atomic mass is 10.1. The number of nitrogens with zero attached hydrogens (tertiary/aromatic N) is 1. The van der Waals surface area contributed by atoms with E-state index in [1.54, 1.807) is 12.1 Å². The van der Waals surface area contributed by atoms with Crippen LogP contribution in [0.2, 0.25) is 0 Å². The first kappa shape index (κ1) is 27.0. The van der Waals surface area contributed by atoms with E-state index in [1.165, 1.54) is 6.08 Å². The van der Waals surface area contributed by atoms with Gasteiger partial charge in [-0.1, -0.05) is 24.3 Å². The molecule has 3 rings (SSSR count). The number of aryl methyl sites for hydroxylation is 2. The SMILES string of the molecule is CCOc1cc(/C=C(\C#N)C(=O)Nc2c(Br)cc(C)cc2Br)cc(Br)c1OCc1ccccc1C. The predicted octanol–water partition coefficient (Wildman–Crippen LogP) is 8.11. The van der Waals surface area contributed by atoms with Crippen molar-refractivity contribution in [2.24, 2.45) is 0 Å². The number of carbonyl (C=O) groups is 1. The molecule has 0 spiro atoms. The maximum atomic E-state index is 12.9. The van der Waals surface area contributed by atoms with Crippen molar-refractivity contribution in [2.75, 3.05) is 11.9 Å². The number of benzene rings is 3. The number of carbonyl (C=O) groups excluding carboxylic acids is 1. The molecule has 0 heterocycles. The summed E-state index contributed by atoms with van der Waals surface area (Å²) in [7, 11) is 0. The van der Waals surface area contributed by atoms with Crippen molar-refractivity contribution in [3.05, 3.63) is 89.8 Å². The van der Waals surface area contributed by atoms with Gasteiger partial charge < -0.3 is 14.8 Å². The van der Waals surface area contributed by atoms with Gasteiger partial charge >= 0.3 is 0 Å². The number of halogens is 3. The molecule has 180 valence electrons. The molecule has 8 heteroatoms. The lowest BCUT2D eigenvalue weighted by Gasteiger charge is -2.16. The van der Waals surface area contributed by atoms with Crippen LogP contribution in [0.3, 0.4) is 0 Å². The second-order valence-electron chi connectivity index (χ2n) is 7.71. The van der Waals surface area contributed by atoms with Gasteiger partial charge in [0.2, 0.25) is 0 Å². The van der Waals surface area contributed by atoms with Crippen LogP contribution in [0.25, 0.3) is 6.08 Å². The third kappa shape index (κ3) is 6.97. The molecule has 3 aromatic carbocycles. The van der Waals surface area contributed by atoms with E-state index in [1.807, 2.05) is 63.2 Å². The molecule has 1 N–H and O–H groups in total. The van der Waals surface area contributed by atoms with E-state index in [0.29, 0.717) is 49.4 Å². The summed E-state index contributed by atoms with van der Waals surface area (Å²) in [6.45, 7) is 6.68. The summed E-state index contributed by atoms with van der Waals surface area (Å²) in [6, 6.07) is 17.3. The van der Waals surface area contributed by atoms with Crippen LogP contribution in [0.4, 0.5) is 5.69 Å². The van der Waals surface area contributed by atoms with E-state index in [0.717, 1.165) is 16.7 Å². The Morgan fingerprint density at radius 2 is 1.71 bits per heavy atom. The van der Waals surface area contributed by atoms with E-state index < -0.39 is 5.91 Å². The average Bonchev–Trinajstić information content (AvgIpc) is 2.80. The molecule has 35 heavy (non-hydrogen) atoms.